The van der Waals surface area contributed by atoms with E-state index in [0.717, 1.165) is 16.7 Å². The summed E-state index contributed by atoms with van der Waals surface area (Å²) in [5, 5.41) is 10.1. The highest BCUT2D eigenvalue weighted by Gasteiger charge is 2.42. The van der Waals surface area contributed by atoms with E-state index in [1.165, 1.54) is 0 Å². The Bertz CT molecular complexity index is 1430. The number of amides is 4. The summed E-state index contributed by atoms with van der Waals surface area (Å²) < 4.78 is 41.6. The van der Waals surface area contributed by atoms with Crippen LogP contribution in [0.1, 0.15) is 43.0 Å². The summed E-state index contributed by atoms with van der Waals surface area (Å²) in [5.41, 5.74) is 2.94. The molecule has 0 fully saturated rings. The third-order valence-corrected chi connectivity index (χ3v) is 6.30. The van der Waals surface area contributed by atoms with Crippen molar-refractivity contribution in [2.75, 3.05) is 13.1 Å². The second-order valence-electron chi connectivity index (χ2n) is 9.63. The van der Waals surface area contributed by atoms with E-state index >= 15 is 0 Å². The van der Waals surface area contributed by atoms with Crippen molar-refractivity contribution in [2.24, 2.45) is 0 Å². The average molecular weight is 613 g/mol. The van der Waals surface area contributed by atoms with Gasteiger partial charge in [0.15, 0.2) is 0 Å². The summed E-state index contributed by atoms with van der Waals surface area (Å²) in [6.45, 7) is 1.26. The molecule has 2 atom stereocenters. The molecule has 0 spiro atoms. The fourth-order valence-electron chi connectivity index (χ4n) is 4.04. The first-order valence-electron chi connectivity index (χ1n) is 13.5. The van der Waals surface area contributed by atoms with Crippen molar-refractivity contribution in [1.29, 1.82) is 0 Å². The molecule has 44 heavy (non-hydrogen) atoms. The van der Waals surface area contributed by atoms with Gasteiger partial charge in [-0.2, -0.15) is 13.2 Å². The zero-order chi connectivity index (χ0) is 32.1. The van der Waals surface area contributed by atoms with Crippen molar-refractivity contribution >= 4 is 29.8 Å². The number of hydrogen-bond donors (Lipinski definition) is 4. The molecule has 13 heteroatoms. The minimum atomic E-state index is -5.37. The third-order valence-electron chi connectivity index (χ3n) is 6.30. The average Bonchev–Trinajstić information content (AvgIpc) is 3.00. The maximum Gasteiger partial charge on any atom is 0.491 e. The van der Waals surface area contributed by atoms with Crippen LogP contribution in [0.25, 0.3) is 11.1 Å². The van der Waals surface area contributed by atoms with Gasteiger partial charge >= 0.3 is 24.1 Å². The zero-order valence-electron chi connectivity index (χ0n) is 23.6. The van der Waals surface area contributed by atoms with E-state index in [0.29, 0.717) is 5.56 Å². The number of hydrogen-bond acceptors (Lipinski definition) is 6. The fraction of sp³-hybridized carbons (Fsp3) is 0.258. The van der Waals surface area contributed by atoms with Gasteiger partial charge in [0.2, 0.25) is 11.8 Å². The van der Waals surface area contributed by atoms with Crippen LogP contribution in [-0.2, 0) is 23.9 Å². The molecule has 3 aromatic rings. The van der Waals surface area contributed by atoms with Crippen LogP contribution >= 0.6 is 0 Å². The molecule has 0 saturated heterocycles. The lowest BCUT2D eigenvalue weighted by atomic mass is 9.99. The van der Waals surface area contributed by atoms with Gasteiger partial charge in [-0.1, -0.05) is 84.9 Å². The molecule has 4 N–H and O–H groups in total. The lowest BCUT2D eigenvalue weighted by molar-refractivity contribution is -0.202. The summed E-state index contributed by atoms with van der Waals surface area (Å²) in [4.78, 5) is 60.2. The van der Waals surface area contributed by atoms with Crippen molar-refractivity contribution in [3.63, 3.8) is 0 Å². The molecule has 4 amide bonds. The SMILES string of the molecule is C[C@@H](NC(=O)NCCC(=O)NCC(=O)NC(CC(=O)OC(=O)C(F)(F)F)c1ccc(-c2ccccc2)cc1)c1ccccc1. The second kappa shape index (κ2) is 15.9. The van der Waals surface area contributed by atoms with Crippen LogP contribution in [0.15, 0.2) is 84.9 Å². The maximum atomic E-state index is 12.6. The molecule has 0 aliphatic carbocycles. The number of nitrogens with one attached hydrogen (secondary N) is 4. The van der Waals surface area contributed by atoms with Crippen molar-refractivity contribution < 1.29 is 41.9 Å². The molecule has 232 valence electrons. The molecular weight excluding hydrogens is 581 g/mol. The monoisotopic (exact) mass is 612 g/mol. The first kappa shape index (κ1) is 33.3. The van der Waals surface area contributed by atoms with Gasteiger partial charge in [0.25, 0.3) is 0 Å². The molecule has 10 nitrogen and oxygen atoms in total. The Morgan fingerprint density at radius 2 is 1.32 bits per heavy atom. The van der Waals surface area contributed by atoms with Crippen molar-refractivity contribution in [3.8, 4) is 11.1 Å². The van der Waals surface area contributed by atoms with Gasteiger partial charge in [0.05, 0.1) is 25.0 Å². The Morgan fingerprint density at radius 3 is 1.93 bits per heavy atom. The number of esters is 2. The normalized spacial score (nSPS) is 12.3. The minimum Gasteiger partial charge on any atom is -0.386 e. The topological polar surface area (TPSA) is 143 Å². The van der Waals surface area contributed by atoms with Crippen LogP contribution in [0.4, 0.5) is 18.0 Å². The third kappa shape index (κ3) is 10.9. The van der Waals surface area contributed by atoms with Gasteiger partial charge < -0.3 is 26.0 Å². The molecule has 3 aromatic carbocycles. The first-order valence-corrected chi connectivity index (χ1v) is 13.5. The summed E-state index contributed by atoms with van der Waals surface area (Å²) in [6.07, 6.45) is -6.30. The minimum absolute atomic E-state index is 0.0176. The number of carbonyl (C=O) groups excluding carboxylic acids is 5. The van der Waals surface area contributed by atoms with Gasteiger partial charge in [0.1, 0.15) is 0 Å². The number of halogens is 3. The van der Waals surface area contributed by atoms with Gasteiger partial charge in [-0.15, -0.1) is 0 Å². The predicted molar refractivity (Wildman–Crippen MR) is 154 cm³/mol. The van der Waals surface area contributed by atoms with E-state index in [2.05, 4.69) is 26.0 Å². The number of carbonyl (C=O) groups is 5. The molecule has 0 bridgehead atoms. The zero-order valence-corrected chi connectivity index (χ0v) is 23.6. The van der Waals surface area contributed by atoms with E-state index in [9.17, 15) is 37.1 Å². The largest absolute Gasteiger partial charge is 0.491 e. The summed E-state index contributed by atoms with van der Waals surface area (Å²) in [7, 11) is 0. The van der Waals surface area contributed by atoms with Crippen LogP contribution in [0, 0.1) is 0 Å². The number of rotatable bonds is 12. The van der Waals surface area contributed by atoms with E-state index in [1.807, 2.05) is 60.7 Å². The molecule has 0 aliphatic rings. The highest BCUT2D eigenvalue weighted by atomic mass is 19.4. The molecule has 0 aromatic heterocycles. The van der Waals surface area contributed by atoms with Crippen LogP contribution < -0.4 is 21.3 Å². The van der Waals surface area contributed by atoms with Crippen molar-refractivity contribution in [1.82, 2.24) is 21.3 Å². The summed E-state index contributed by atoms with van der Waals surface area (Å²) >= 11 is 0. The van der Waals surface area contributed by atoms with E-state index < -0.39 is 55.0 Å². The lowest BCUT2D eigenvalue weighted by Gasteiger charge is -2.19. The van der Waals surface area contributed by atoms with Gasteiger partial charge in [-0.25, -0.2) is 9.59 Å². The van der Waals surface area contributed by atoms with Crippen LogP contribution in [0.2, 0.25) is 0 Å². The summed E-state index contributed by atoms with van der Waals surface area (Å²) in [5.74, 6) is -5.49. The predicted octanol–water partition coefficient (Wildman–Crippen LogP) is 4.10. The Balaban J connectivity index is 1.53. The number of benzene rings is 3. The fourth-order valence-corrected chi connectivity index (χ4v) is 4.04. The van der Waals surface area contributed by atoms with Crippen LogP contribution in [0.5, 0.6) is 0 Å². The number of urea groups is 1. The lowest BCUT2D eigenvalue weighted by Crippen LogP contribution is -2.41. The van der Waals surface area contributed by atoms with E-state index in [1.54, 1.807) is 31.2 Å². The highest BCUT2D eigenvalue weighted by Crippen LogP contribution is 2.24. The van der Waals surface area contributed by atoms with Gasteiger partial charge in [-0.3, -0.25) is 14.4 Å². The summed E-state index contributed by atoms with van der Waals surface area (Å²) in [6, 6.07) is 23.1. The molecule has 3 rings (SSSR count). The van der Waals surface area contributed by atoms with Crippen LogP contribution in [-0.4, -0.2) is 49.0 Å². The molecule has 0 radical (unpaired) electrons. The number of ether oxygens (including phenoxy) is 1. The van der Waals surface area contributed by atoms with Crippen LogP contribution in [0.3, 0.4) is 0 Å². The molecule has 1 unspecified atom stereocenters. The van der Waals surface area contributed by atoms with E-state index in [4.69, 9.17) is 0 Å². The molecule has 0 heterocycles. The Labute approximate surface area is 251 Å². The van der Waals surface area contributed by atoms with Crippen molar-refractivity contribution in [3.05, 3.63) is 96.1 Å². The smallest absolute Gasteiger partial charge is 0.386 e. The number of alkyl halides is 3. The van der Waals surface area contributed by atoms with E-state index in [-0.39, 0.29) is 19.0 Å². The Kier molecular flexibility index (Phi) is 12.0. The standard InChI is InChI=1S/C31H31F3N4O6/c1-20(21-8-4-2-5-9-21)37-30(43)35-17-16-26(39)36-19-27(40)38-25(18-28(41)44-29(42)31(32,33)34)24-14-12-23(13-15-24)22-10-6-3-7-11-22/h2-15,20,25H,16-19H2,1H3,(H,36,39)(H,38,40)(H2,35,37,43)/t20-,25?/m1/s1. The van der Waals surface area contributed by atoms with Gasteiger partial charge in [0, 0.05) is 13.0 Å². The highest BCUT2D eigenvalue weighted by molar-refractivity contribution is 5.89. The molecular formula is C31H31F3N4O6. The van der Waals surface area contributed by atoms with Crippen molar-refractivity contribution in [2.45, 2.75) is 38.0 Å². The Morgan fingerprint density at radius 1 is 0.727 bits per heavy atom. The molecule has 0 aliphatic heterocycles. The maximum absolute atomic E-state index is 12.6. The first-order chi connectivity index (χ1) is 20.9. The Hall–Kier alpha value is -5.20. The quantitative estimate of drug-likeness (QED) is 0.179. The van der Waals surface area contributed by atoms with Gasteiger partial charge in [-0.05, 0) is 29.2 Å². The molecule has 0 saturated carbocycles. The second-order valence-corrected chi connectivity index (χ2v) is 9.63.